The van der Waals surface area contributed by atoms with Crippen molar-refractivity contribution in [3.05, 3.63) is 23.8 Å². The second-order valence-corrected chi connectivity index (χ2v) is 3.65. The zero-order valence-electron chi connectivity index (χ0n) is 9.56. The van der Waals surface area contributed by atoms with Crippen molar-refractivity contribution in [2.75, 3.05) is 27.4 Å². The normalized spacial score (nSPS) is 18.2. The van der Waals surface area contributed by atoms with E-state index in [-0.39, 0.29) is 0 Å². The standard InChI is InChI=1S/C12H16O4/c1-13-10-4-3-9(12(5-10)14-2)6-15-7-11-8-16-11/h3-5,11H,6-8H2,1-2H3. The third-order valence-electron chi connectivity index (χ3n) is 2.46. The molecule has 0 aliphatic carbocycles. The largest absolute Gasteiger partial charge is 0.497 e. The van der Waals surface area contributed by atoms with Crippen LogP contribution in [0.2, 0.25) is 0 Å². The number of benzene rings is 1. The third-order valence-corrected chi connectivity index (χ3v) is 2.46. The van der Waals surface area contributed by atoms with E-state index in [2.05, 4.69) is 0 Å². The molecule has 1 aliphatic heterocycles. The van der Waals surface area contributed by atoms with Crippen molar-refractivity contribution in [2.45, 2.75) is 12.7 Å². The van der Waals surface area contributed by atoms with Gasteiger partial charge in [-0.1, -0.05) is 0 Å². The molecule has 1 fully saturated rings. The molecule has 0 aromatic heterocycles. The predicted molar refractivity (Wildman–Crippen MR) is 58.9 cm³/mol. The van der Waals surface area contributed by atoms with Gasteiger partial charge in [-0.05, 0) is 12.1 Å². The molecular formula is C12H16O4. The minimum absolute atomic E-state index is 0.296. The van der Waals surface area contributed by atoms with Crippen LogP contribution in [0.5, 0.6) is 11.5 Å². The van der Waals surface area contributed by atoms with Crippen molar-refractivity contribution < 1.29 is 18.9 Å². The quantitative estimate of drug-likeness (QED) is 0.688. The molecule has 1 aromatic rings. The van der Waals surface area contributed by atoms with Crippen LogP contribution in [0.1, 0.15) is 5.56 Å². The van der Waals surface area contributed by atoms with E-state index < -0.39 is 0 Å². The van der Waals surface area contributed by atoms with Crippen LogP contribution in [0, 0.1) is 0 Å². The Morgan fingerprint density at radius 1 is 1.31 bits per heavy atom. The van der Waals surface area contributed by atoms with Crippen molar-refractivity contribution in [2.24, 2.45) is 0 Å². The SMILES string of the molecule is COc1ccc(COCC2CO2)c(OC)c1. The highest BCUT2D eigenvalue weighted by Crippen LogP contribution is 2.25. The lowest BCUT2D eigenvalue weighted by molar-refractivity contribution is 0.102. The highest BCUT2D eigenvalue weighted by Gasteiger charge is 2.22. The summed E-state index contributed by atoms with van der Waals surface area (Å²) in [6.45, 7) is 2.00. The Balaban J connectivity index is 1.94. The molecule has 1 aromatic carbocycles. The smallest absolute Gasteiger partial charge is 0.128 e. The molecule has 0 amide bonds. The Morgan fingerprint density at radius 2 is 2.12 bits per heavy atom. The minimum Gasteiger partial charge on any atom is -0.497 e. The van der Waals surface area contributed by atoms with Gasteiger partial charge in [0.25, 0.3) is 0 Å². The Hall–Kier alpha value is -1.26. The van der Waals surface area contributed by atoms with E-state index in [0.717, 1.165) is 23.7 Å². The lowest BCUT2D eigenvalue weighted by Crippen LogP contribution is -2.02. The van der Waals surface area contributed by atoms with E-state index in [0.29, 0.717) is 19.3 Å². The van der Waals surface area contributed by atoms with E-state index in [1.165, 1.54) is 0 Å². The molecule has 0 bridgehead atoms. The molecule has 0 spiro atoms. The van der Waals surface area contributed by atoms with Gasteiger partial charge in [-0.2, -0.15) is 0 Å². The van der Waals surface area contributed by atoms with Gasteiger partial charge in [-0.25, -0.2) is 0 Å². The Labute approximate surface area is 95.1 Å². The number of hydrogen-bond acceptors (Lipinski definition) is 4. The highest BCUT2D eigenvalue weighted by molar-refractivity contribution is 5.40. The van der Waals surface area contributed by atoms with Crippen LogP contribution < -0.4 is 9.47 Å². The zero-order valence-corrected chi connectivity index (χ0v) is 9.56. The van der Waals surface area contributed by atoms with Crippen LogP contribution in [0.25, 0.3) is 0 Å². The molecule has 1 aliphatic rings. The van der Waals surface area contributed by atoms with Gasteiger partial charge >= 0.3 is 0 Å². The van der Waals surface area contributed by atoms with E-state index >= 15 is 0 Å². The first-order valence-corrected chi connectivity index (χ1v) is 5.23. The van der Waals surface area contributed by atoms with Gasteiger partial charge in [0.1, 0.15) is 17.6 Å². The van der Waals surface area contributed by atoms with E-state index in [4.69, 9.17) is 18.9 Å². The van der Waals surface area contributed by atoms with Gasteiger partial charge in [-0.3, -0.25) is 0 Å². The number of methoxy groups -OCH3 is 2. The van der Waals surface area contributed by atoms with Crippen molar-refractivity contribution >= 4 is 0 Å². The maximum Gasteiger partial charge on any atom is 0.128 e. The lowest BCUT2D eigenvalue weighted by Gasteiger charge is -2.10. The van der Waals surface area contributed by atoms with Gasteiger partial charge in [0.2, 0.25) is 0 Å². The van der Waals surface area contributed by atoms with Crippen molar-refractivity contribution in [3.63, 3.8) is 0 Å². The molecule has 0 radical (unpaired) electrons. The average molecular weight is 224 g/mol. The van der Waals surface area contributed by atoms with Crippen LogP contribution in [-0.2, 0) is 16.1 Å². The van der Waals surface area contributed by atoms with Crippen molar-refractivity contribution in [1.29, 1.82) is 0 Å². The highest BCUT2D eigenvalue weighted by atomic mass is 16.6. The summed E-state index contributed by atoms with van der Waals surface area (Å²) < 4.78 is 21.0. The summed E-state index contributed by atoms with van der Waals surface area (Å²) in [6.07, 6.45) is 0.296. The second kappa shape index (κ2) is 5.18. The maximum absolute atomic E-state index is 5.51. The van der Waals surface area contributed by atoms with E-state index in [1.807, 2.05) is 18.2 Å². The fraction of sp³-hybridized carbons (Fsp3) is 0.500. The Bertz CT molecular complexity index is 347. The summed E-state index contributed by atoms with van der Waals surface area (Å²) in [5, 5.41) is 0. The summed E-state index contributed by atoms with van der Waals surface area (Å²) in [5.74, 6) is 1.57. The van der Waals surface area contributed by atoms with E-state index in [1.54, 1.807) is 14.2 Å². The topological polar surface area (TPSA) is 40.2 Å². The molecule has 2 rings (SSSR count). The third kappa shape index (κ3) is 2.87. The molecule has 1 unspecified atom stereocenters. The molecule has 0 N–H and O–H groups in total. The number of ether oxygens (including phenoxy) is 4. The molecule has 16 heavy (non-hydrogen) atoms. The second-order valence-electron chi connectivity index (χ2n) is 3.65. The van der Waals surface area contributed by atoms with Crippen molar-refractivity contribution in [3.8, 4) is 11.5 Å². The molecule has 0 saturated carbocycles. The monoisotopic (exact) mass is 224 g/mol. The van der Waals surface area contributed by atoms with Crippen LogP contribution in [-0.4, -0.2) is 33.5 Å². The van der Waals surface area contributed by atoms with Gasteiger partial charge in [0.15, 0.2) is 0 Å². The predicted octanol–water partition coefficient (Wildman–Crippen LogP) is 1.62. The molecule has 1 atom stereocenters. The molecule has 4 nitrogen and oxygen atoms in total. The lowest BCUT2D eigenvalue weighted by atomic mass is 10.2. The Morgan fingerprint density at radius 3 is 2.75 bits per heavy atom. The van der Waals surface area contributed by atoms with Crippen molar-refractivity contribution in [1.82, 2.24) is 0 Å². The molecule has 4 heteroatoms. The maximum atomic E-state index is 5.51. The van der Waals surface area contributed by atoms with Gasteiger partial charge in [-0.15, -0.1) is 0 Å². The van der Waals surface area contributed by atoms with Crippen LogP contribution in [0.3, 0.4) is 0 Å². The summed E-state index contributed by atoms with van der Waals surface area (Å²) >= 11 is 0. The fourth-order valence-electron chi connectivity index (χ4n) is 1.44. The van der Waals surface area contributed by atoms with Crippen LogP contribution >= 0.6 is 0 Å². The summed E-state index contributed by atoms with van der Waals surface area (Å²) in [5.41, 5.74) is 1.02. The summed E-state index contributed by atoms with van der Waals surface area (Å²) in [7, 11) is 3.28. The first-order chi connectivity index (χ1) is 7.83. The molecule has 88 valence electrons. The van der Waals surface area contributed by atoms with Gasteiger partial charge < -0.3 is 18.9 Å². The summed E-state index contributed by atoms with van der Waals surface area (Å²) in [6, 6.07) is 5.70. The average Bonchev–Trinajstić information content (AvgIpc) is 3.13. The molecule has 1 saturated heterocycles. The fourth-order valence-corrected chi connectivity index (χ4v) is 1.44. The minimum atomic E-state index is 0.296. The van der Waals surface area contributed by atoms with E-state index in [9.17, 15) is 0 Å². The first kappa shape index (κ1) is 11.2. The van der Waals surface area contributed by atoms with Crippen LogP contribution in [0.15, 0.2) is 18.2 Å². The summed E-state index contributed by atoms with van der Waals surface area (Å²) in [4.78, 5) is 0. The first-order valence-electron chi connectivity index (χ1n) is 5.23. The van der Waals surface area contributed by atoms with Gasteiger partial charge in [0.05, 0.1) is 34.0 Å². The Kier molecular flexibility index (Phi) is 3.64. The number of epoxide rings is 1. The molecule has 1 heterocycles. The number of hydrogen-bond donors (Lipinski definition) is 0. The zero-order chi connectivity index (χ0) is 11.4. The van der Waals surface area contributed by atoms with Crippen LogP contribution in [0.4, 0.5) is 0 Å². The molecular weight excluding hydrogens is 208 g/mol. The number of rotatable bonds is 6. The van der Waals surface area contributed by atoms with Gasteiger partial charge in [0, 0.05) is 11.6 Å².